The maximum Gasteiger partial charge on any atom is 0.335 e. The number of rotatable bonds is 4. The summed E-state index contributed by atoms with van der Waals surface area (Å²) in [7, 11) is 0. The first kappa shape index (κ1) is 12.4. The molecule has 0 radical (unpaired) electrons. The standard InChI is InChI=1S/C11H16N2O3/c1-7(14)11(2,3)13-9-6-8(10(15)16)4-5-12-9/h4-7,14H,1-3H3,(H,12,13)(H,15,16). The Bertz CT molecular complexity index is 389. The molecule has 0 saturated carbocycles. The number of pyridine rings is 1. The molecule has 0 aliphatic carbocycles. The van der Waals surface area contributed by atoms with E-state index in [1.54, 1.807) is 6.92 Å². The number of aromatic nitrogens is 1. The molecule has 1 atom stereocenters. The number of aromatic carboxylic acids is 1. The summed E-state index contributed by atoms with van der Waals surface area (Å²) >= 11 is 0. The number of hydrogen-bond acceptors (Lipinski definition) is 4. The van der Waals surface area contributed by atoms with Crippen molar-refractivity contribution in [3.05, 3.63) is 23.9 Å². The molecule has 0 aliphatic heterocycles. The molecular formula is C11H16N2O3. The highest BCUT2D eigenvalue weighted by atomic mass is 16.4. The van der Waals surface area contributed by atoms with Gasteiger partial charge in [-0.05, 0) is 32.9 Å². The van der Waals surface area contributed by atoms with Gasteiger partial charge in [-0.15, -0.1) is 0 Å². The predicted molar refractivity (Wildman–Crippen MR) is 60.6 cm³/mol. The Hall–Kier alpha value is -1.62. The first-order chi connectivity index (χ1) is 7.33. The first-order valence-electron chi connectivity index (χ1n) is 4.98. The van der Waals surface area contributed by atoms with Crippen LogP contribution in [-0.4, -0.2) is 32.8 Å². The van der Waals surface area contributed by atoms with Crippen LogP contribution in [0.25, 0.3) is 0 Å². The van der Waals surface area contributed by atoms with Gasteiger partial charge in [0.2, 0.25) is 0 Å². The summed E-state index contributed by atoms with van der Waals surface area (Å²) in [5, 5.41) is 21.3. The molecule has 1 aromatic rings. The molecule has 0 aromatic carbocycles. The third-order valence-electron chi connectivity index (χ3n) is 2.50. The highest BCUT2D eigenvalue weighted by molar-refractivity contribution is 5.88. The van der Waals surface area contributed by atoms with E-state index in [0.717, 1.165) is 0 Å². The van der Waals surface area contributed by atoms with Gasteiger partial charge >= 0.3 is 5.97 Å². The quantitative estimate of drug-likeness (QED) is 0.719. The second-order valence-corrected chi connectivity index (χ2v) is 4.26. The van der Waals surface area contributed by atoms with Crippen LogP contribution in [-0.2, 0) is 0 Å². The van der Waals surface area contributed by atoms with Crippen molar-refractivity contribution in [2.24, 2.45) is 0 Å². The lowest BCUT2D eigenvalue weighted by molar-refractivity contribution is 0.0697. The Morgan fingerprint density at radius 3 is 2.69 bits per heavy atom. The van der Waals surface area contributed by atoms with Crippen LogP contribution in [0.2, 0.25) is 0 Å². The molecule has 1 heterocycles. The zero-order chi connectivity index (χ0) is 12.3. The van der Waals surface area contributed by atoms with Gasteiger partial charge in [0.25, 0.3) is 0 Å². The van der Waals surface area contributed by atoms with E-state index in [0.29, 0.717) is 5.82 Å². The molecule has 0 aliphatic rings. The van der Waals surface area contributed by atoms with Gasteiger partial charge in [0.1, 0.15) is 5.82 Å². The van der Waals surface area contributed by atoms with E-state index >= 15 is 0 Å². The highest BCUT2D eigenvalue weighted by Crippen LogP contribution is 2.17. The number of anilines is 1. The molecule has 5 nitrogen and oxygen atoms in total. The van der Waals surface area contributed by atoms with E-state index in [1.807, 2.05) is 13.8 Å². The number of nitrogens with one attached hydrogen (secondary N) is 1. The summed E-state index contributed by atoms with van der Waals surface area (Å²) in [6, 6.07) is 2.86. The Labute approximate surface area is 94.1 Å². The van der Waals surface area contributed by atoms with Gasteiger partial charge in [-0.1, -0.05) is 0 Å². The number of hydrogen-bond donors (Lipinski definition) is 3. The average molecular weight is 224 g/mol. The summed E-state index contributed by atoms with van der Waals surface area (Å²) in [4.78, 5) is 14.8. The monoisotopic (exact) mass is 224 g/mol. The molecule has 0 fully saturated rings. The molecule has 1 rings (SSSR count). The molecule has 16 heavy (non-hydrogen) atoms. The van der Waals surface area contributed by atoms with E-state index in [-0.39, 0.29) is 5.56 Å². The molecule has 1 unspecified atom stereocenters. The third-order valence-corrected chi connectivity index (χ3v) is 2.50. The fourth-order valence-corrected chi connectivity index (χ4v) is 1.07. The maximum atomic E-state index is 10.7. The van der Waals surface area contributed by atoms with E-state index in [1.165, 1.54) is 18.3 Å². The van der Waals surface area contributed by atoms with Gasteiger partial charge in [-0.3, -0.25) is 0 Å². The number of carboxylic acids is 1. The zero-order valence-corrected chi connectivity index (χ0v) is 9.56. The summed E-state index contributed by atoms with van der Waals surface area (Å²) in [6.45, 7) is 5.29. The summed E-state index contributed by atoms with van der Waals surface area (Å²) < 4.78 is 0. The van der Waals surface area contributed by atoms with E-state index in [9.17, 15) is 9.90 Å². The van der Waals surface area contributed by atoms with Crippen molar-refractivity contribution in [1.29, 1.82) is 0 Å². The maximum absolute atomic E-state index is 10.7. The fraction of sp³-hybridized carbons (Fsp3) is 0.455. The minimum atomic E-state index is -1.000. The van der Waals surface area contributed by atoms with Gasteiger partial charge in [0.15, 0.2) is 0 Å². The van der Waals surface area contributed by atoms with Crippen LogP contribution in [0, 0.1) is 0 Å². The Kier molecular flexibility index (Phi) is 3.49. The lowest BCUT2D eigenvalue weighted by Crippen LogP contribution is -2.42. The minimum absolute atomic E-state index is 0.166. The minimum Gasteiger partial charge on any atom is -0.478 e. The van der Waals surface area contributed by atoms with Crippen molar-refractivity contribution < 1.29 is 15.0 Å². The summed E-state index contributed by atoms with van der Waals surface area (Å²) in [5.41, 5.74) is -0.400. The smallest absolute Gasteiger partial charge is 0.335 e. The Morgan fingerprint density at radius 1 is 1.56 bits per heavy atom. The summed E-state index contributed by atoms with van der Waals surface area (Å²) in [6.07, 6.45) is 0.840. The number of aliphatic hydroxyl groups is 1. The summed E-state index contributed by atoms with van der Waals surface area (Å²) in [5.74, 6) is -0.564. The largest absolute Gasteiger partial charge is 0.478 e. The van der Waals surface area contributed by atoms with Crippen LogP contribution in [0.1, 0.15) is 31.1 Å². The number of carbonyl (C=O) groups is 1. The SMILES string of the molecule is CC(O)C(C)(C)Nc1cc(C(=O)O)ccn1. The van der Waals surface area contributed by atoms with Gasteiger partial charge in [-0.25, -0.2) is 9.78 Å². The van der Waals surface area contributed by atoms with Crippen LogP contribution >= 0.6 is 0 Å². The highest BCUT2D eigenvalue weighted by Gasteiger charge is 2.24. The number of nitrogens with zero attached hydrogens (tertiary/aromatic N) is 1. The lowest BCUT2D eigenvalue weighted by atomic mass is 9.99. The van der Waals surface area contributed by atoms with Crippen molar-refractivity contribution >= 4 is 11.8 Å². The van der Waals surface area contributed by atoms with Crippen molar-refractivity contribution in [3.63, 3.8) is 0 Å². The Morgan fingerprint density at radius 2 is 2.19 bits per heavy atom. The second kappa shape index (κ2) is 4.49. The van der Waals surface area contributed by atoms with E-state index < -0.39 is 17.6 Å². The van der Waals surface area contributed by atoms with Crippen molar-refractivity contribution in [1.82, 2.24) is 4.98 Å². The third kappa shape index (κ3) is 2.93. The molecule has 0 bridgehead atoms. The molecular weight excluding hydrogens is 208 g/mol. The molecule has 1 aromatic heterocycles. The van der Waals surface area contributed by atoms with Gasteiger partial charge < -0.3 is 15.5 Å². The lowest BCUT2D eigenvalue weighted by Gasteiger charge is -2.29. The molecule has 0 spiro atoms. The molecule has 0 amide bonds. The topological polar surface area (TPSA) is 82.5 Å². The van der Waals surface area contributed by atoms with Gasteiger partial charge in [0.05, 0.1) is 17.2 Å². The molecule has 88 valence electrons. The predicted octanol–water partition coefficient (Wildman–Crippen LogP) is 1.35. The number of aliphatic hydroxyl groups excluding tert-OH is 1. The van der Waals surface area contributed by atoms with Crippen LogP contribution in [0.5, 0.6) is 0 Å². The first-order valence-corrected chi connectivity index (χ1v) is 4.98. The van der Waals surface area contributed by atoms with E-state index in [2.05, 4.69) is 10.3 Å². The van der Waals surface area contributed by atoms with Crippen LogP contribution in [0.15, 0.2) is 18.3 Å². The van der Waals surface area contributed by atoms with Gasteiger partial charge in [0, 0.05) is 6.20 Å². The second-order valence-electron chi connectivity index (χ2n) is 4.26. The van der Waals surface area contributed by atoms with Crippen molar-refractivity contribution in [2.45, 2.75) is 32.4 Å². The van der Waals surface area contributed by atoms with Crippen molar-refractivity contribution in [3.8, 4) is 0 Å². The van der Waals surface area contributed by atoms with Gasteiger partial charge in [-0.2, -0.15) is 0 Å². The average Bonchev–Trinajstić information content (AvgIpc) is 2.17. The van der Waals surface area contributed by atoms with Crippen LogP contribution in [0.3, 0.4) is 0 Å². The number of carboxylic acid groups (broad SMARTS) is 1. The van der Waals surface area contributed by atoms with Crippen molar-refractivity contribution in [2.75, 3.05) is 5.32 Å². The normalized spacial score (nSPS) is 13.2. The van der Waals surface area contributed by atoms with Crippen LogP contribution < -0.4 is 5.32 Å². The molecule has 5 heteroatoms. The zero-order valence-electron chi connectivity index (χ0n) is 9.56. The molecule has 0 saturated heterocycles. The Balaban J connectivity index is 2.90. The fourth-order valence-electron chi connectivity index (χ4n) is 1.07. The molecule has 3 N–H and O–H groups in total. The van der Waals surface area contributed by atoms with Crippen LogP contribution in [0.4, 0.5) is 5.82 Å². The van der Waals surface area contributed by atoms with E-state index in [4.69, 9.17) is 5.11 Å².